The largest absolute Gasteiger partial charge is 0.302 e. The normalized spacial score (nSPS) is 20.0. The maximum atomic E-state index is 10.8. The molecule has 1 saturated heterocycles. The highest BCUT2D eigenvalue weighted by Gasteiger charge is 2.20. The number of hydrogen-bond acceptors (Lipinski definition) is 4. The van der Waals surface area contributed by atoms with Crippen LogP contribution < -0.4 is 0 Å². The summed E-state index contributed by atoms with van der Waals surface area (Å²) in [6.07, 6.45) is 3.61. The summed E-state index contributed by atoms with van der Waals surface area (Å²) in [5.74, 6) is 0. The fraction of sp³-hybridized carbons (Fsp3) is 0.600. The summed E-state index contributed by atoms with van der Waals surface area (Å²) in [4.78, 5) is 15.5. The minimum Gasteiger partial charge on any atom is -0.302 e. The zero-order valence-electron chi connectivity index (χ0n) is 11.8. The molecule has 5 nitrogen and oxygen atoms in total. The van der Waals surface area contributed by atoms with Gasteiger partial charge in [-0.05, 0) is 43.5 Å². The Morgan fingerprint density at radius 3 is 2.55 bits per heavy atom. The maximum Gasteiger partial charge on any atom is 0.269 e. The van der Waals surface area contributed by atoms with Gasteiger partial charge in [-0.15, -0.1) is 0 Å². The fourth-order valence-electron chi connectivity index (χ4n) is 3.19. The lowest BCUT2D eigenvalue weighted by atomic mass is 9.99. The van der Waals surface area contributed by atoms with Gasteiger partial charge < -0.3 is 4.90 Å². The van der Waals surface area contributed by atoms with Crippen LogP contribution in [0.2, 0.25) is 0 Å². The molecule has 0 N–H and O–H groups in total. The highest BCUT2D eigenvalue weighted by Crippen LogP contribution is 2.23. The summed E-state index contributed by atoms with van der Waals surface area (Å²) in [5, 5.41) is 10.8. The van der Waals surface area contributed by atoms with Crippen molar-refractivity contribution in [3.63, 3.8) is 0 Å². The van der Waals surface area contributed by atoms with Crippen molar-refractivity contribution < 1.29 is 4.92 Å². The molecule has 1 aromatic rings. The molecule has 0 atom stereocenters. The third kappa shape index (κ3) is 2.99. The van der Waals surface area contributed by atoms with Gasteiger partial charge in [-0.3, -0.25) is 15.0 Å². The predicted molar refractivity (Wildman–Crippen MR) is 77.8 cm³/mol. The fourth-order valence-corrected chi connectivity index (χ4v) is 3.19. The van der Waals surface area contributed by atoms with Crippen molar-refractivity contribution in [2.75, 3.05) is 32.7 Å². The van der Waals surface area contributed by atoms with Crippen molar-refractivity contribution in [2.24, 2.45) is 0 Å². The molecule has 0 aromatic heterocycles. The van der Waals surface area contributed by atoms with Gasteiger partial charge in [0.05, 0.1) is 4.92 Å². The smallest absolute Gasteiger partial charge is 0.269 e. The second-order valence-electron chi connectivity index (χ2n) is 5.79. The first kappa shape index (κ1) is 13.5. The monoisotopic (exact) mass is 275 g/mol. The van der Waals surface area contributed by atoms with E-state index in [0.29, 0.717) is 0 Å². The van der Waals surface area contributed by atoms with E-state index in [0.717, 1.165) is 38.2 Å². The summed E-state index contributed by atoms with van der Waals surface area (Å²) in [7, 11) is 0. The van der Waals surface area contributed by atoms with E-state index < -0.39 is 0 Å². The van der Waals surface area contributed by atoms with Gasteiger partial charge >= 0.3 is 0 Å². The van der Waals surface area contributed by atoms with Crippen LogP contribution in [-0.2, 0) is 13.0 Å². The quantitative estimate of drug-likeness (QED) is 0.623. The molecule has 3 rings (SSSR count). The molecule has 0 unspecified atom stereocenters. The van der Waals surface area contributed by atoms with Crippen LogP contribution in [0.3, 0.4) is 0 Å². The van der Waals surface area contributed by atoms with Gasteiger partial charge in [-0.2, -0.15) is 0 Å². The molecule has 2 aliphatic heterocycles. The molecule has 0 spiro atoms. The van der Waals surface area contributed by atoms with Crippen LogP contribution in [0.4, 0.5) is 5.69 Å². The molecule has 0 aliphatic carbocycles. The summed E-state index contributed by atoms with van der Waals surface area (Å²) >= 11 is 0. The number of fused-ring (bicyclic) bond motifs is 1. The Morgan fingerprint density at radius 1 is 1.05 bits per heavy atom. The van der Waals surface area contributed by atoms with Crippen molar-refractivity contribution >= 4 is 5.69 Å². The van der Waals surface area contributed by atoms with Crippen molar-refractivity contribution in [3.05, 3.63) is 39.4 Å². The van der Waals surface area contributed by atoms with Crippen LogP contribution in [-0.4, -0.2) is 47.4 Å². The van der Waals surface area contributed by atoms with Gasteiger partial charge in [-0.1, -0.05) is 6.07 Å². The zero-order chi connectivity index (χ0) is 13.9. The van der Waals surface area contributed by atoms with Crippen LogP contribution in [0.25, 0.3) is 0 Å². The van der Waals surface area contributed by atoms with Gasteiger partial charge in [0.2, 0.25) is 0 Å². The number of benzene rings is 1. The number of nitrogens with zero attached hydrogens (tertiary/aromatic N) is 3. The van der Waals surface area contributed by atoms with Crippen molar-refractivity contribution in [3.8, 4) is 0 Å². The minimum atomic E-state index is -0.306. The SMILES string of the molecule is O=[N+]([O-])c1ccc2c(c1)CCN(CCN1CCCC1)C2. The molecule has 108 valence electrons. The van der Waals surface area contributed by atoms with Crippen LogP contribution in [0, 0.1) is 10.1 Å². The lowest BCUT2D eigenvalue weighted by Gasteiger charge is -2.30. The lowest BCUT2D eigenvalue weighted by molar-refractivity contribution is -0.384. The number of non-ortho nitro benzene ring substituents is 1. The topological polar surface area (TPSA) is 49.6 Å². The molecular weight excluding hydrogens is 254 g/mol. The van der Waals surface area contributed by atoms with E-state index in [9.17, 15) is 10.1 Å². The molecule has 0 saturated carbocycles. The molecule has 2 heterocycles. The third-order valence-electron chi connectivity index (χ3n) is 4.42. The summed E-state index contributed by atoms with van der Waals surface area (Å²) < 4.78 is 0. The first-order chi connectivity index (χ1) is 9.72. The highest BCUT2D eigenvalue weighted by atomic mass is 16.6. The van der Waals surface area contributed by atoms with Gasteiger partial charge in [0.25, 0.3) is 5.69 Å². The Labute approximate surface area is 119 Å². The lowest BCUT2D eigenvalue weighted by Crippen LogP contribution is -2.37. The van der Waals surface area contributed by atoms with Crippen LogP contribution in [0.5, 0.6) is 0 Å². The highest BCUT2D eigenvalue weighted by molar-refractivity contribution is 5.41. The van der Waals surface area contributed by atoms with Crippen molar-refractivity contribution in [1.82, 2.24) is 9.80 Å². The standard InChI is InChI=1S/C15H21N3O2/c19-18(20)15-4-3-14-12-17(8-5-13(14)11-15)10-9-16-6-1-2-7-16/h3-4,11H,1-2,5-10,12H2. The van der Waals surface area contributed by atoms with E-state index in [1.54, 1.807) is 12.1 Å². The molecule has 2 aliphatic rings. The Balaban J connectivity index is 1.59. The molecule has 0 amide bonds. The second-order valence-corrected chi connectivity index (χ2v) is 5.79. The van der Waals surface area contributed by atoms with Crippen molar-refractivity contribution in [1.29, 1.82) is 0 Å². The first-order valence-corrected chi connectivity index (χ1v) is 7.43. The second kappa shape index (κ2) is 5.89. The molecule has 0 radical (unpaired) electrons. The number of hydrogen-bond donors (Lipinski definition) is 0. The maximum absolute atomic E-state index is 10.8. The van der Waals surface area contributed by atoms with Crippen LogP contribution in [0.1, 0.15) is 24.0 Å². The average Bonchev–Trinajstić information content (AvgIpc) is 2.97. The van der Waals surface area contributed by atoms with Gasteiger partial charge in [0, 0.05) is 38.3 Å². The Kier molecular flexibility index (Phi) is 3.98. The first-order valence-electron chi connectivity index (χ1n) is 7.43. The molecular formula is C15H21N3O2. The van der Waals surface area contributed by atoms with E-state index in [1.165, 1.54) is 31.5 Å². The molecule has 1 aromatic carbocycles. The number of rotatable bonds is 4. The predicted octanol–water partition coefficient (Wildman–Crippen LogP) is 2.05. The average molecular weight is 275 g/mol. The van der Waals surface area contributed by atoms with Gasteiger partial charge in [0.1, 0.15) is 0 Å². The third-order valence-corrected chi connectivity index (χ3v) is 4.42. The summed E-state index contributed by atoms with van der Waals surface area (Å²) in [6, 6.07) is 5.30. The molecule has 5 heteroatoms. The number of nitro groups is 1. The Hall–Kier alpha value is -1.46. The van der Waals surface area contributed by atoms with Crippen LogP contribution in [0.15, 0.2) is 18.2 Å². The van der Waals surface area contributed by atoms with Crippen molar-refractivity contribution in [2.45, 2.75) is 25.8 Å². The van der Waals surface area contributed by atoms with Gasteiger partial charge in [0.15, 0.2) is 0 Å². The van der Waals surface area contributed by atoms with E-state index >= 15 is 0 Å². The Morgan fingerprint density at radius 2 is 1.80 bits per heavy atom. The molecule has 20 heavy (non-hydrogen) atoms. The molecule has 0 bridgehead atoms. The van der Waals surface area contributed by atoms with E-state index in [1.807, 2.05) is 6.07 Å². The van der Waals surface area contributed by atoms with Gasteiger partial charge in [-0.25, -0.2) is 0 Å². The number of likely N-dealkylation sites (tertiary alicyclic amines) is 1. The summed E-state index contributed by atoms with van der Waals surface area (Å²) in [5.41, 5.74) is 2.62. The van der Waals surface area contributed by atoms with E-state index in [4.69, 9.17) is 0 Å². The Bertz CT molecular complexity index is 498. The number of nitro benzene ring substituents is 1. The minimum absolute atomic E-state index is 0.217. The van der Waals surface area contributed by atoms with Crippen LogP contribution >= 0.6 is 0 Å². The zero-order valence-corrected chi connectivity index (χ0v) is 11.8. The van der Waals surface area contributed by atoms with E-state index in [-0.39, 0.29) is 10.6 Å². The molecule has 1 fully saturated rings. The summed E-state index contributed by atoms with van der Waals surface area (Å²) in [6.45, 7) is 6.70. The van der Waals surface area contributed by atoms with E-state index in [2.05, 4.69) is 9.80 Å².